The number of aromatic hydroxyl groups is 1. The van der Waals surface area contributed by atoms with Crippen LogP contribution in [0.15, 0.2) is 78.4 Å². The number of anilines is 1. The summed E-state index contributed by atoms with van der Waals surface area (Å²) in [6.45, 7) is 1.68. The highest BCUT2D eigenvalue weighted by molar-refractivity contribution is 6.13. The molecular formula is C38H37N3O9. The van der Waals surface area contributed by atoms with Gasteiger partial charge >= 0.3 is 5.97 Å². The van der Waals surface area contributed by atoms with Crippen molar-refractivity contribution < 1.29 is 43.7 Å². The Morgan fingerprint density at radius 1 is 0.920 bits per heavy atom. The monoisotopic (exact) mass is 679 g/mol. The number of benzene rings is 3. The fraction of sp³-hybridized carbons (Fsp3) is 0.342. The lowest BCUT2D eigenvalue weighted by atomic mass is 9.49. The Balaban J connectivity index is 1.45. The number of hydrazine groups is 1. The van der Waals surface area contributed by atoms with Gasteiger partial charge in [-0.05, 0) is 61.1 Å². The number of nitrogens with zero attached hydrogens (tertiary/aromatic N) is 2. The average molecular weight is 680 g/mol. The molecule has 0 bridgehead atoms. The number of fused-ring (bicyclic) bond motifs is 4. The molecule has 6 atom stereocenters. The number of likely N-dealkylation sites (tertiary alicyclic amines) is 1. The number of carbonyl (C=O) groups excluding carboxylic acids is 4. The van der Waals surface area contributed by atoms with Crippen LogP contribution >= 0.6 is 0 Å². The quantitative estimate of drug-likeness (QED) is 0.221. The molecule has 7 rings (SSSR count). The van der Waals surface area contributed by atoms with Crippen LogP contribution in [-0.4, -0.2) is 70.5 Å². The van der Waals surface area contributed by atoms with E-state index < -0.39 is 64.6 Å². The second kappa shape index (κ2) is 12.3. The van der Waals surface area contributed by atoms with Crippen LogP contribution in [-0.2, 0) is 29.4 Å². The van der Waals surface area contributed by atoms with Crippen LogP contribution in [0.2, 0.25) is 0 Å². The Kier molecular flexibility index (Phi) is 8.12. The molecule has 3 aromatic carbocycles. The van der Waals surface area contributed by atoms with Crippen molar-refractivity contribution in [2.75, 3.05) is 26.2 Å². The number of allylic oxidation sites excluding steroid dienone is 2. The van der Waals surface area contributed by atoms with Gasteiger partial charge in [-0.3, -0.25) is 34.3 Å². The number of phenolic OH excluding ortho intramolecular Hbond substituents is 1. The molecule has 6 unspecified atom stereocenters. The maximum absolute atomic E-state index is 15.2. The maximum atomic E-state index is 15.2. The van der Waals surface area contributed by atoms with Gasteiger partial charge in [0, 0.05) is 12.5 Å². The molecule has 12 heteroatoms. The van der Waals surface area contributed by atoms with Gasteiger partial charge in [-0.1, -0.05) is 59.7 Å². The lowest BCUT2D eigenvalue weighted by molar-refractivity contribution is -0.143. The first-order valence-corrected chi connectivity index (χ1v) is 16.5. The topological polar surface area (TPSA) is 163 Å². The predicted molar refractivity (Wildman–Crippen MR) is 179 cm³/mol. The smallest absolute Gasteiger partial charge is 0.305 e. The van der Waals surface area contributed by atoms with Crippen molar-refractivity contribution in [1.82, 2.24) is 9.91 Å². The lowest BCUT2D eigenvalue weighted by Crippen LogP contribution is -2.53. The molecule has 3 fully saturated rings. The van der Waals surface area contributed by atoms with Crippen molar-refractivity contribution in [3.63, 3.8) is 0 Å². The summed E-state index contributed by atoms with van der Waals surface area (Å²) < 4.78 is 11.1. The number of carboxylic acids is 1. The molecule has 50 heavy (non-hydrogen) atoms. The van der Waals surface area contributed by atoms with Gasteiger partial charge in [0.1, 0.15) is 0 Å². The number of phenols is 1. The van der Waals surface area contributed by atoms with Gasteiger partial charge in [0.2, 0.25) is 17.6 Å². The van der Waals surface area contributed by atoms with E-state index in [1.165, 1.54) is 14.2 Å². The first-order valence-electron chi connectivity index (χ1n) is 16.5. The number of aryl methyl sites for hydroxylation is 1. The van der Waals surface area contributed by atoms with Crippen LogP contribution in [0, 0.1) is 30.6 Å². The molecule has 1 saturated carbocycles. The van der Waals surface area contributed by atoms with Gasteiger partial charge in [0.15, 0.2) is 11.5 Å². The van der Waals surface area contributed by atoms with Crippen molar-refractivity contribution >= 4 is 35.3 Å². The second-order valence-corrected chi connectivity index (χ2v) is 13.3. The van der Waals surface area contributed by atoms with E-state index >= 15 is 4.79 Å². The number of nitrogens with one attached hydrogen (secondary N) is 1. The molecule has 12 nitrogen and oxygen atoms in total. The lowest BCUT2D eigenvalue weighted by Gasteiger charge is -2.50. The number of carboxylic acid groups (broad SMARTS) is 1. The highest BCUT2D eigenvalue weighted by Gasteiger charge is 2.70. The van der Waals surface area contributed by atoms with Gasteiger partial charge in [-0.2, -0.15) is 5.01 Å². The van der Waals surface area contributed by atoms with E-state index in [1.807, 2.05) is 43.3 Å². The average Bonchev–Trinajstić information content (AvgIpc) is 3.49. The SMILES string of the molecule is COc1cc(C2C3=CCC4C(=O)N(CCC(=O)O)C(=O)C4C3CC3C(=O)N(Nc4ccc(C)cc4)C(=O)C32c2ccccc2)cc(OC)c1O. The number of ether oxygens (including phenoxy) is 2. The van der Waals surface area contributed by atoms with Crippen molar-refractivity contribution in [1.29, 1.82) is 0 Å². The molecule has 0 radical (unpaired) electrons. The number of amides is 4. The maximum Gasteiger partial charge on any atom is 0.305 e. The molecule has 4 amide bonds. The molecule has 3 N–H and O–H groups in total. The third kappa shape index (κ3) is 4.84. The summed E-state index contributed by atoms with van der Waals surface area (Å²) in [5, 5.41) is 21.3. The van der Waals surface area contributed by atoms with Crippen LogP contribution in [0.3, 0.4) is 0 Å². The van der Waals surface area contributed by atoms with Crippen LogP contribution in [0.1, 0.15) is 41.9 Å². The van der Waals surface area contributed by atoms with E-state index in [1.54, 1.807) is 36.4 Å². The number of hydrogen-bond donors (Lipinski definition) is 3. The van der Waals surface area contributed by atoms with Crippen molar-refractivity contribution in [2.24, 2.45) is 23.7 Å². The number of hydrogen-bond acceptors (Lipinski definition) is 9. The molecule has 4 aliphatic rings. The van der Waals surface area contributed by atoms with Crippen LogP contribution in [0.25, 0.3) is 0 Å². The third-order valence-electron chi connectivity index (χ3n) is 10.9. The standard InChI is InChI=1S/C38H37N3O9/c1-20-9-11-23(12-10-20)39-41-35(46)27-19-26-24(13-14-25-31(26)36(47)40(34(25)45)16-15-30(42)43)32(21-17-28(49-2)33(44)29(18-21)50-3)38(27,37(41)48)22-7-5-4-6-8-22/h4-13,17-18,25-27,31-32,39,44H,14-16,19H2,1-3H3,(H,42,43). The fourth-order valence-electron chi connectivity index (χ4n) is 8.70. The van der Waals surface area contributed by atoms with Crippen molar-refractivity contribution in [2.45, 2.75) is 37.5 Å². The Bertz CT molecular complexity index is 1920. The summed E-state index contributed by atoms with van der Waals surface area (Å²) in [5.74, 6) is -7.13. The molecule has 0 aromatic heterocycles. The summed E-state index contributed by atoms with van der Waals surface area (Å²) in [6, 6.07) is 19.6. The van der Waals surface area contributed by atoms with Gasteiger partial charge in [0.05, 0.1) is 49.5 Å². The Labute approximate surface area is 288 Å². The van der Waals surface area contributed by atoms with E-state index in [0.717, 1.165) is 15.5 Å². The van der Waals surface area contributed by atoms with Crippen molar-refractivity contribution in [3.8, 4) is 17.2 Å². The van der Waals surface area contributed by atoms with Crippen LogP contribution < -0.4 is 14.9 Å². The van der Waals surface area contributed by atoms with Gasteiger partial charge in [-0.15, -0.1) is 0 Å². The highest BCUT2D eigenvalue weighted by atomic mass is 16.5. The van der Waals surface area contributed by atoms with Crippen LogP contribution in [0.4, 0.5) is 5.69 Å². The van der Waals surface area contributed by atoms with E-state index in [4.69, 9.17) is 9.47 Å². The third-order valence-corrected chi connectivity index (χ3v) is 10.9. The molecule has 258 valence electrons. The molecule has 2 aliphatic carbocycles. The Hall–Kier alpha value is -5.65. The molecule has 2 aliphatic heterocycles. The highest BCUT2D eigenvalue weighted by Crippen LogP contribution is 2.64. The molecule has 3 aromatic rings. The summed E-state index contributed by atoms with van der Waals surface area (Å²) in [6.07, 6.45) is 1.80. The summed E-state index contributed by atoms with van der Waals surface area (Å²) >= 11 is 0. The van der Waals surface area contributed by atoms with E-state index in [2.05, 4.69) is 5.43 Å². The normalized spacial score (nSPS) is 27.0. The second-order valence-electron chi connectivity index (χ2n) is 13.3. The molecule has 2 saturated heterocycles. The van der Waals surface area contributed by atoms with Crippen LogP contribution in [0.5, 0.6) is 17.2 Å². The number of aliphatic carboxylic acids is 1. The van der Waals surface area contributed by atoms with E-state index in [9.17, 15) is 29.4 Å². The zero-order chi connectivity index (χ0) is 35.5. The van der Waals surface area contributed by atoms with Gasteiger partial charge < -0.3 is 19.7 Å². The molecule has 0 spiro atoms. The number of methoxy groups -OCH3 is 2. The summed E-state index contributed by atoms with van der Waals surface area (Å²) in [5.41, 5.74) is 4.88. The number of carbonyl (C=O) groups is 5. The number of rotatable bonds is 9. The molecular weight excluding hydrogens is 642 g/mol. The predicted octanol–water partition coefficient (Wildman–Crippen LogP) is 4.18. The minimum atomic E-state index is -1.52. The summed E-state index contributed by atoms with van der Waals surface area (Å²) in [7, 11) is 2.79. The minimum absolute atomic E-state index is 0.0905. The zero-order valence-corrected chi connectivity index (χ0v) is 27.8. The number of imide groups is 2. The summed E-state index contributed by atoms with van der Waals surface area (Å²) in [4.78, 5) is 70.1. The first kappa shape index (κ1) is 32.9. The van der Waals surface area contributed by atoms with E-state index in [-0.39, 0.29) is 43.1 Å². The fourth-order valence-corrected chi connectivity index (χ4v) is 8.70. The minimum Gasteiger partial charge on any atom is -0.502 e. The van der Waals surface area contributed by atoms with Crippen molar-refractivity contribution in [3.05, 3.63) is 95.1 Å². The largest absolute Gasteiger partial charge is 0.502 e. The zero-order valence-electron chi connectivity index (χ0n) is 27.8. The van der Waals surface area contributed by atoms with Gasteiger partial charge in [-0.25, -0.2) is 0 Å². The molecule has 2 heterocycles. The van der Waals surface area contributed by atoms with Gasteiger partial charge in [0.25, 0.3) is 11.8 Å². The van der Waals surface area contributed by atoms with E-state index in [0.29, 0.717) is 22.4 Å². The Morgan fingerprint density at radius 2 is 1.58 bits per heavy atom. The first-order chi connectivity index (χ1) is 24.0. The Morgan fingerprint density at radius 3 is 2.20 bits per heavy atom.